The van der Waals surface area contributed by atoms with Gasteiger partial charge in [0.1, 0.15) is 11.8 Å². The van der Waals surface area contributed by atoms with Gasteiger partial charge in [0.25, 0.3) is 0 Å². The van der Waals surface area contributed by atoms with Crippen LogP contribution in [0.5, 0.6) is 0 Å². The summed E-state index contributed by atoms with van der Waals surface area (Å²) in [5.74, 6) is 0. The molecule has 0 aliphatic rings. The Balaban J connectivity index is 2.50. The Morgan fingerprint density at radius 3 is 3.20 bits per heavy atom. The second-order valence-electron chi connectivity index (χ2n) is 3.47. The van der Waals surface area contributed by atoms with Gasteiger partial charge in [-0.3, -0.25) is 0 Å². The lowest BCUT2D eigenvalue weighted by molar-refractivity contribution is 0.553. The molecule has 0 bridgehead atoms. The lowest BCUT2D eigenvalue weighted by Crippen LogP contribution is -2.24. The van der Waals surface area contributed by atoms with E-state index >= 15 is 0 Å². The van der Waals surface area contributed by atoms with Gasteiger partial charge in [-0.1, -0.05) is 6.08 Å². The molecule has 0 radical (unpaired) electrons. The number of pyridine rings is 1. The highest BCUT2D eigenvalue weighted by molar-refractivity contribution is 5.25. The van der Waals surface area contributed by atoms with Gasteiger partial charge in [-0.25, -0.2) is 4.98 Å². The summed E-state index contributed by atoms with van der Waals surface area (Å²) < 4.78 is 0. The normalized spacial score (nSPS) is 11.7. The highest BCUT2D eigenvalue weighted by atomic mass is 14.9. The lowest BCUT2D eigenvalue weighted by atomic mass is 10.2. The molecule has 0 saturated heterocycles. The minimum absolute atomic E-state index is 0.404. The second-order valence-corrected chi connectivity index (χ2v) is 3.47. The highest BCUT2D eigenvalue weighted by Gasteiger charge is 2.00. The molecule has 0 fully saturated rings. The summed E-state index contributed by atoms with van der Waals surface area (Å²) in [4.78, 5) is 3.92. The fourth-order valence-corrected chi connectivity index (χ4v) is 1.27. The van der Waals surface area contributed by atoms with E-state index < -0.39 is 0 Å². The summed E-state index contributed by atoms with van der Waals surface area (Å²) in [6.07, 6.45) is 4.49. The average Bonchev–Trinajstić information content (AvgIpc) is 2.27. The van der Waals surface area contributed by atoms with Gasteiger partial charge in [0.2, 0.25) is 0 Å². The smallest absolute Gasteiger partial charge is 0.140 e. The van der Waals surface area contributed by atoms with Gasteiger partial charge in [-0.05, 0) is 31.0 Å². The molecule has 78 valence electrons. The SMILES string of the molecule is C=CCC(C)NCc1ccnc(C#N)c1. The van der Waals surface area contributed by atoms with Crippen LogP contribution in [0.4, 0.5) is 0 Å². The fourth-order valence-electron chi connectivity index (χ4n) is 1.27. The summed E-state index contributed by atoms with van der Waals surface area (Å²) in [6, 6.07) is 6.14. The van der Waals surface area contributed by atoms with Gasteiger partial charge < -0.3 is 5.32 Å². The zero-order chi connectivity index (χ0) is 11.1. The van der Waals surface area contributed by atoms with E-state index in [0.29, 0.717) is 11.7 Å². The van der Waals surface area contributed by atoms with Crippen molar-refractivity contribution in [2.45, 2.75) is 25.9 Å². The lowest BCUT2D eigenvalue weighted by Gasteiger charge is -2.11. The molecule has 1 aromatic rings. The minimum atomic E-state index is 0.404. The highest BCUT2D eigenvalue weighted by Crippen LogP contribution is 2.01. The van der Waals surface area contributed by atoms with E-state index in [1.165, 1.54) is 0 Å². The zero-order valence-corrected chi connectivity index (χ0v) is 8.90. The zero-order valence-electron chi connectivity index (χ0n) is 8.90. The molecule has 1 aromatic heterocycles. The van der Waals surface area contributed by atoms with Crippen LogP contribution in [0.1, 0.15) is 24.6 Å². The summed E-state index contributed by atoms with van der Waals surface area (Å²) in [5.41, 5.74) is 1.54. The van der Waals surface area contributed by atoms with Gasteiger partial charge >= 0.3 is 0 Å². The maximum Gasteiger partial charge on any atom is 0.140 e. The number of hydrogen-bond donors (Lipinski definition) is 1. The Morgan fingerprint density at radius 2 is 2.53 bits per heavy atom. The second kappa shape index (κ2) is 5.94. The van der Waals surface area contributed by atoms with Crippen LogP contribution in [0.3, 0.4) is 0 Å². The van der Waals surface area contributed by atoms with Crippen LogP contribution < -0.4 is 5.32 Å². The maximum absolute atomic E-state index is 8.68. The first-order valence-corrected chi connectivity index (χ1v) is 4.95. The molecule has 0 aromatic carbocycles. The topological polar surface area (TPSA) is 48.7 Å². The Hall–Kier alpha value is -1.66. The molecule has 0 spiro atoms. The summed E-state index contributed by atoms with van der Waals surface area (Å²) in [5, 5.41) is 12.0. The van der Waals surface area contributed by atoms with Crippen LogP contribution in [-0.2, 0) is 6.54 Å². The van der Waals surface area contributed by atoms with Crippen molar-refractivity contribution in [3.63, 3.8) is 0 Å². The summed E-state index contributed by atoms with van der Waals surface area (Å²) in [7, 11) is 0. The van der Waals surface area contributed by atoms with Crippen molar-refractivity contribution in [3.8, 4) is 6.07 Å². The third-order valence-electron chi connectivity index (χ3n) is 2.11. The number of aromatic nitrogens is 1. The molecule has 3 heteroatoms. The standard InChI is InChI=1S/C12H15N3/c1-3-4-10(2)15-9-11-5-6-14-12(7-11)8-13/h3,5-7,10,15H,1,4,9H2,2H3. The average molecular weight is 201 g/mol. The third kappa shape index (κ3) is 3.92. The Kier molecular flexibility index (Phi) is 4.52. The first-order valence-electron chi connectivity index (χ1n) is 4.95. The summed E-state index contributed by atoms with van der Waals surface area (Å²) in [6.45, 7) is 6.55. The van der Waals surface area contributed by atoms with E-state index in [-0.39, 0.29) is 0 Å². The largest absolute Gasteiger partial charge is 0.310 e. The molecule has 0 aliphatic heterocycles. The van der Waals surface area contributed by atoms with Gasteiger partial charge in [0.05, 0.1) is 0 Å². The van der Waals surface area contributed by atoms with Crippen molar-refractivity contribution < 1.29 is 0 Å². The Labute approximate surface area is 90.5 Å². The number of nitriles is 1. The number of hydrogen-bond acceptors (Lipinski definition) is 3. The van der Waals surface area contributed by atoms with Crippen LogP contribution in [0.15, 0.2) is 31.0 Å². The van der Waals surface area contributed by atoms with Crippen molar-refractivity contribution in [1.29, 1.82) is 5.26 Å². The molecule has 1 rings (SSSR count). The van der Waals surface area contributed by atoms with E-state index in [1.54, 1.807) is 12.3 Å². The Bertz CT molecular complexity index is 365. The number of nitrogens with one attached hydrogen (secondary N) is 1. The van der Waals surface area contributed by atoms with E-state index in [0.717, 1.165) is 18.5 Å². The molecular weight excluding hydrogens is 186 g/mol. The molecule has 0 aliphatic carbocycles. The molecular formula is C12H15N3. The van der Waals surface area contributed by atoms with Gasteiger partial charge in [0.15, 0.2) is 0 Å². The molecule has 0 amide bonds. The van der Waals surface area contributed by atoms with Crippen LogP contribution >= 0.6 is 0 Å². The monoisotopic (exact) mass is 201 g/mol. The molecule has 1 heterocycles. The van der Waals surface area contributed by atoms with Gasteiger partial charge in [0, 0.05) is 18.8 Å². The van der Waals surface area contributed by atoms with Gasteiger partial charge in [-0.2, -0.15) is 5.26 Å². The minimum Gasteiger partial charge on any atom is -0.310 e. The molecule has 0 saturated carbocycles. The molecule has 15 heavy (non-hydrogen) atoms. The van der Waals surface area contributed by atoms with E-state index in [1.807, 2.05) is 18.2 Å². The first kappa shape index (κ1) is 11.4. The van der Waals surface area contributed by atoms with Crippen LogP contribution in [0, 0.1) is 11.3 Å². The third-order valence-corrected chi connectivity index (χ3v) is 2.11. The molecule has 3 nitrogen and oxygen atoms in total. The fraction of sp³-hybridized carbons (Fsp3) is 0.333. The van der Waals surface area contributed by atoms with Crippen LogP contribution in [0.25, 0.3) is 0 Å². The maximum atomic E-state index is 8.68. The molecule has 1 atom stereocenters. The molecule has 1 N–H and O–H groups in total. The summed E-state index contributed by atoms with van der Waals surface area (Å²) >= 11 is 0. The first-order chi connectivity index (χ1) is 7.26. The number of rotatable bonds is 5. The van der Waals surface area contributed by atoms with Crippen LogP contribution in [0.2, 0.25) is 0 Å². The number of nitrogens with zero attached hydrogens (tertiary/aromatic N) is 2. The van der Waals surface area contributed by atoms with Crippen LogP contribution in [-0.4, -0.2) is 11.0 Å². The van der Waals surface area contributed by atoms with E-state index in [9.17, 15) is 0 Å². The van der Waals surface area contributed by atoms with E-state index in [2.05, 4.69) is 23.8 Å². The molecule has 1 unspecified atom stereocenters. The predicted molar refractivity (Wildman–Crippen MR) is 60.1 cm³/mol. The van der Waals surface area contributed by atoms with Gasteiger partial charge in [-0.15, -0.1) is 6.58 Å². The quantitative estimate of drug-likeness (QED) is 0.741. The van der Waals surface area contributed by atoms with Crippen molar-refractivity contribution in [1.82, 2.24) is 10.3 Å². The Morgan fingerprint density at radius 1 is 1.73 bits per heavy atom. The van der Waals surface area contributed by atoms with Crippen molar-refractivity contribution in [3.05, 3.63) is 42.2 Å². The van der Waals surface area contributed by atoms with Crippen molar-refractivity contribution >= 4 is 0 Å². The van der Waals surface area contributed by atoms with E-state index in [4.69, 9.17) is 5.26 Å². The van der Waals surface area contributed by atoms with Crippen molar-refractivity contribution in [2.24, 2.45) is 0 Å². The predicted octanol–water partition coefficient (Wildman–Crippen LogP) is 2.01. The van der Waals surface area contributed by atoms with Crippen molar-refractivity contribution in [2.75, 3.05) is 0 Å².